The zero-order valence-corrected chi connectivity index (χ0v) is 12.8. The Kier molecular flexibility index (Phi) is 5.00. The molecule has 100 valence electrons. The van der Waals surface area contributed by atoms with Crippen molar-refractivity contribution in [1.29, 1.82) is 0 Å². The smallest absolute Gasteiger partial charge is 0.120 e. The summed E-state index contributed by atoms with van der Waals surface area (Å²) in [7, 11) is 3.67. The van der Waals surface area contributed by atoms with Gasteiger partial charge in [-0.05, 0) is 36.7 Å². The highest BCUT2D eigenvalue weighted by molar-refractivity contribution is 9.10. The van der Waals surface area contributed by atoms with E-state index in [0.29, 0.717) is 0 Å². The second-order valence-corrected chi connectivity index (χ2v) is 5.27. The molecule has 1 N–H and O–H groups in total. The largest absolute Gasteiger partial charge is 0.497 e. The minimum atomic E-state index is 0.280. The summed E-state index contributed by atoms with van der Waals surface area (Å²) in [5.74, 6) is 0.866. The van der Waals surface area contributed by atoms with Gasteiger partial charge in [-0.25, -0.2) is 0 Å². The fourth-order valence-corrected chi connectivity index (χ4v) is 2.77. The number of likely N-dealkylation sites (N-methyl/N-ethyl adjacent to an activating group) is 1. The van der Waals surface area contributed by atoms with E-state index >= 15 is 0 Å². The van der Waals surface area contributed by atoms with Gasteiger partial charge in [-0.1, -0.05) is 52.3 Å². The molecule has 19 heavy (non-hydrogen) atoms. The Balaban J connectivity index is 2.22. The first-order chi connectivity index (χ1) is 9.24. The van der Waals surface area contributed by atoms with E-state index in [0.717, 1.165) is 16.6 Å². The van der Waals surface area contributed by atoms with E-state index < -0.39 is 0 Å². The fraction of sp³-hybridized carbons (Fsp3) is 0.250. The standard InChI is InChI=1S/C16H18BrNO/c1-18-16(10-12-6-4-3-5-7-12)14-9-8-13(19-2)11-15(14)17/h3-9,11,16,18H,10H2,1-2H3. The molecular formula is C16H18BrNO. The molecule has 0 bridgehead atoms. The predicted molar refractivity (Wildman–Crippen MR) is 82.6 cm³/mol. The van der Waals surface area contributed by atoms with Crippen LogP contribution in [0.25, 0.3) is 0 Å². The third kappa shape index (κ3) is 3.58. The lowest BCUT2D eigenvalue weighted by molar-refractivity contribution is 0.414. The normalized spacial score (nSPS) is 12.2. The average molecular weight is 320 g/mol. The fourth-order valence-electron chi connectivity index (χ4n) is 2.13. The van der Waals surface area contributed by atoms with Crippen LogP contribution in [-0.2, 0) is 6.42 Å². The number of benzene rings is 2. The van der Waals surface area contributed by atoms with Crippen LogP contribution in [0.5, 0.6) is 5.75 Å². The summed E-state index contributed by atoms with van der Waals surface area (Å²) >= 11 is 3.62. The van der Waals surface area contributed by atoms with E-state index in [9.17, 15) is 0 Å². The van der Waals surface area contributed by atoms with Gasteiger partial charge in [-0.2, -0.15) is 0 Å². The van der Waals surface area contributed by atoms with Gasteiger partial charge in [0, 0.05) is 10.5 Å². The van der Waals surface area contributed by atoms with Gasteiger partial charge < -0.3 is 10.1 Å². The van der Waals surface area contributed by atoms with Crippen LogP contribution in [0, 0.1) is 0 Å². The first-order valence-corrected chi connectivity index (χ1v) is 7.08. The van der Waals surface area contributed by atoms with Crippen molar-refractivity contribution in [2.45, 2.75) is 12.5 Å². The van der Waals surface area contributed by atoms with E-state index in [2.05, 4.69) is 51.6 Å². The monoisotopic (exact) mass is 319 g/mol. The van der Waals surface area contributed by atoms with Crippen molar-refractivity contribution in [2.75, 3.05) is 14.2 Å². The molecule has 0 saturated heterocycles. The van der Waals surface area contributed by atoms with Crippen LogP contribution in [0.1, 0.15) is 17.2 Å². The molecule has 2 nitrogen and oxygen atoms in total. The zero-order valence-electron chi connectivity index (χ0n) is 11.2. The summed E-state index contributed by atoms with van der Waals surface area (Å²) in [5, 5.41) is 3.37. The van der Waals surface area contributed by atoms with Crippen LogP contribution in [0.2, 0.25) is 0 Å². The molecule has 0 aliphatic rings. The van der Waals surface area contributed by atoms with Crippen molar-refractivity contribution in [2.24, 2.45) is 0 Å². The van der Waals surface area contributed by atoms with Crippen molar-refractivity contribution in [3.63, 3.8) is 0 Å². The van der Waals surface area contributed by atoms with Crippen molar-refractivity contribution in [3.8, 4) is 5.75 Å². The SMILES string of the molecule is CNC(Cc1ccccc1)c1ccc(OC)cc1Br. The maximum Gasteiger partial charge on any atom is 0.120 e. The number of halogens is 1. The first kappa shape index (κ1) is 14.1. The highest BCUT2D eigenvalue weighted by Gasteiger charge is 2.13. The van der Waals surface area contributed by atoms with Gasteiger partial charge in [0.25, 0.3) is 0 Å². The second-order valence-electron chi connectivity index (χ2n) is 4.42. The highest BCUT2D eigenvalue weighted by Crippen LogP contribution is 2.29. The van der Waals surface area contributed by atoms with Gasteiger partial charge in [-0.15, -0.1) is 0 Å². The van der Waals surface area contributed by atoms with Crippen molar-refractivity contribution >= 4 is 15.9 Å². The number of hydrogen-bond acceptors (Lipinski definition) is 2. The van der Waals surface area contributed by atoms with E-state index in [4.69, 9.17) is 4.74 Å². The molecule has 0 aliphatic carbocycles. The lowest BCUT2D eigenvalue weighted by Crippen LogP contribution is -2.19. The predicted octanol–water partition coefficient (Wildman–Crippen LogP) is 3.96. The lowest BCUT2D eigenvalue weighted by Gasteiger charge is -2.19. The Morgan fingerprint density at radius 1 is 1.16 bits per heavy atom. The van der Waals surface area contributed by atoms with E-state index in [1.54, 1.807) is 7.11 Å². The molecule has 0 spiro atoms. The summed E-state index contributed by atoms with van der Waals surface area (Å²) in [6.07, 6.45) is 0.961. The molecule has 0 heterocycles. The summed E-state index contributed by atoms with van der Waals surface area (Å²) < 4.78 is 6.30. The topological polar surface area (TPSA) is 21.3 Å². The quantitative estimate of drug-likeness (QED) is 0.900. The molecule has 1 unspecified atom stereocenters. The number of nitrogens with one attached hydrogen (secondary N) is 1. The van der Waals surface area contributed by atoms with Gasteiger partial charge in [0.05, 0.1) is 7.11 Å². The first-order valence-electron chi connectivity index (χ1n) is 6.29. The summed E-state index contributed by atoms with van der Waals surface area (Å²) in [5.41, 5.74) is 2.57. The van der Waals surface area contributed by atoms with E-state index in [1.165, 1.54) is 11.1 Å². The van der Waals surface area contributed by atoms with Gasteiger partial charge in [-0.3, -0.25) is 0 Å². The van der Waals surface area contributed by atoms with Crippen LogP contribution in [0.4, 0.5) is 0 Å². The molecule has 0 fully saturated rings. The Labute approximate surface area is 122 Å². The molecule has 0 aliphatic heterocycles. The second kappa shape index (κ2) is 6.73. The number of ether oxygens (including phenoxy) is 1. The Bertz CT molecular complexity index is 528. The van der Waals surface area contributed by atoms with Crippen LogP contribution in [0.15, 0.2) is 53.0 Å². The Morgan fingerprint density at radius 2 is 1.89 bits per heavy atom. The van der Waals surface area contributed by atoms with Gasteiger partial charge in [0.2, 0.25) is 0 Å². The summed E-state index contributed by atoms with van der Waals surface area (Å²) in [6.45, 7) is 0. The number of hydrogen-bond donors (Lipinski definition) is 1. The van der Waals surface area contributed by atoms with Crippen molar-refractivity contribution in [3.05, 3.63) is 64.1 Å². The minimum absolute atomic E-state index is 0.280. The Hall–Kier alpha value is -1.32. The highest BCUT2D eigenvalue weighted by atomic mass is 79.9. The van der Waals surface area contributed by atoms with Gasteiger partial charge in [0.1, 0.15) is 5.75 Å². The van der Waals surface area contributed by atoms with Gasteiger partial charge >= 0.3 is 0 Å². The number of rotatable bonds is 5. The molecule has 0 radical (unpaired) electrons. The summed E-state index contributed by atoms with van der Waals surface area (Å²) in [6, 6.07) is 16.9. The molecule has 0 aromatic heterocycles. The van der Waals surface area contributed by atoms with E-state index in [-0.39, 0.29) is 6.04 Å². The van der Waals surface area contributed by atoms with Crippen molar-refractivity contribution < 1.29 is 4.74 Å². The molecule has 2 rings (SSSR count). The van der Waals surface area contributed by atoms with Crippen LogP contribution >= 0.6 is 15.9 Å². The maximum atomic E-state index is 5.23. The third-order valence-corrected chi connectivity index (χ3v) is 3.90. The van der Waals surface area contributed by atoms with E-state index in [1.807, 2.05) is 25.2 Å². The van der Waals surface area contributed by atoms with Gasteiger partial charge in [0.15, 0.2) is 0 Å². The Morgan fingerprint density at radius 3 is 2.47 bits per heavy atom. The molecule has 0 saturated carbocycles. The molecule has 0 amide bonds. The minimum Gasteiger partial charge on any atom is -0.497 e. The summed E-state index contributed by atoms with van der Waals surface area (Å²) in [4.78, 5) is 0. The maximum absolute atomic E-state index is 5.23. The molecule has 1 atom stereocenters. The molecular weight excluding hydrogens is 302 g/mol. The average Bonchev–Trinajstić information content (AvgIpc) is 2.46. The van der Waals surface area contributed by atoms with Crippen molar-refractivity contribution in [1.82, 2.24) is 5.32 Å². The third-order valence-electron chi connectivity index (χ3n) is 3.21. The molecule has 3 heteroatoms. The van der Waals surface area contributed by atoms with Crippen LogP contribution in [0.3, 0.4) is 0 Å². The molecule has 2 aromatic rings. The molecule has 2 aromatic carbocycles. The number of methoxy groups -OCH3 is 1. The van der Waals surface area contributed by atoms with Crippen LogP contribution in [-0.4, -0.2) is 14.2 Å². The lowest BCUT2D eigenvalue weighted by atomic mass is 9.99. The zero-order chi connectivity index (χ0) is 13.7. The van der Waals surface area contributed by atoms with Crippen LogP contribution < -0.4 is 10.1 Å².